The Morgan fingerprint density at radius 3 is 2.62 bits per heavy atom. The summed E-state index contributed by atoms with van der Waals surface area (Å²) in [4.78, 5) is 24.5. The molecule has 0 atom stereocenters. The number of rotatable bonds is 5. The van der Waals surface area contributed by atoms with Gasteiger partial charge in [0, 0.05) is 43.0 Å². The Bertz CT molecular complexity index is 820. The minimum absolute atomic E-state index is 0.188. The van der Waals surface area contributed by atoms with Crippen LogP contribution in [0.15, 0.2) is 61.2 Å². The van der Waals surface area contributed by atoms with Crippen molar-refractivity contribution in [1.29, 1.82) is 0 Å². The zero-order valence-electron chi connectivity index (χ0n) is 13.1. The molecule has 6 heteroatoms. The van der Waals surface area contributed by atoms with Crippen molar-refractivity contribution < 1.29 is 9.53 Å². The van der Waals surface area contributed by atoms with Gasteiger partial charge in [0.15, 0.2) is 0 Å². The van der Waals surface area contributed by atoms with Gasteiger partial charge in [-0.3, -0.25) is 14.8 Å². The Hall–Kier alpha value is -3.28. The first kappa shape index (κ1) is 15.6. The molecule has 6 nitrogen and oxygen atoms in total. The van der Waals surface area contributed by atoms with Crippen LogP contribution in [0.2, 0.25) is 0 Å². The van der Waals surface area contributed by atoms with Crippen molar-refractivity contribution in [2.75, 3.05) is 7.11 Å². The van der Waals surface area contributed by atoms with E-state index >= 15 is 0 Å². The van der Waals surface area contributed by atoms with E-state index in [1.54, 1.807) is 30.7 Å². The monoisotopic (exact) mass is 320 g/mol. The van der Waals surface area contributed by atoms with Crippen molar-refractivity contribution in [3.8, 4) is 17.1 Å². The maximum absolute atomic E-state index is 12.2. The minimum Gasteiger partial charge on any atom is -0.481 e. The molecule has 0 saturated carbocycles. The van der Waals surface area contributed by atoms with Gasteiger partial charge in [-0.2, -0.15) is 0 Å². The van der Waals surface area contributed by atoms with Crippen LogP contribution in [0.1, 0.15) is 15.9 Å². The van der Waals surface area contributed by atoms with Gasteiger partial charge in [-0.15, -0.1) is 0 Å². The van der Waals surface area contributed by atoms with Crippen LogP contribution in [0.3, 0.4) is 0 Å². The molecule has 0 aromatic carbocycles. The predicted octanol–water partition coefficient (Wildman–Crippen LogP) is 2.48. The highest BCUT2D eigenvalue weighted by atomic mass is 16.5. The molecule has 0 aliphatic carbocycles. The van der Waals surface area contributed by atoms with E-state index in [-0.39, 0.29) is 5.91 Å². The third kappa shape index (κ3) is 3.73. The number of carbonyl (C=O) groups is 1. The second kappa shape index (κ2) is 7.32. The maximum atomic E-state index is 12.2. The molecule has 0 spiro atoms. The summed E-state index contributed by atoms with van der Waals surface area (Å²) in [6.07, 6.45) is 6.67. The normalized spacial score (nSPS) is 10.2. The van der Waals surface area contributed by atoms with Crippen LogP contribution in [-0.4, -0.2) is 28.0 Å². The number of aromatic nitrogens is 3. The van der Waals surface area contributed by atoms with Crippen molar-refractivity contribution in [2.45, 2.75) is 6.54 Å². The Morgan fingerprint density at radius 2 is 1.92 bits per heavy atom. The van der Waals surface area contributed by atoms with Crippen LogP contribution >= 0.6 is 0 Å². The lowest BCUT2D eigenvalue weighted by atomic mass is 10.1. The molecular weight excluding hydrogens is 304 g/mol. The first-order valence-corrected chi connectivity index (χ1v) is 7.40. The van der Waals surface area contributed by atoms with Gasteiger partial charge in [-0.05, 0) is 35.9 Å². The van der Waals surface area contributed by atoms with Crippen molar-refractivity contribution in [1.82, 2.24) is 20.3 Å². The zero-order valence-corrected chi connectivity index (χ0v) is 13.1. The van der Waals surface area contributed by atoms with Crippen molar-refractivity contribution >= 4 is 5.91 Å². The summed E-state index contributed by atoms with van der Waals surface area (Å²) in [7, 11) is 1.53. The van der Waals surface area contributed by atoms with Crippen molar-refractivity contribution in [3.63, 3.8) is 0 Å². The van der Waals surface area contributed by atoms with Crippen molar-refractivity contribution in [3.05, 3.63) is 72.3 Å². The van der Waals surface area contributed by atoms with Gasteiger partial charge in [-0.1, -0.05) is 0 Å². The highest BCUT2D eigenvalue weighted by molar-refractivity contribution is 5.93. The fourth-order valence-corrected chi connectivity index (χ4v) is 2.18. The van der Waals surface area contributed by atoms with Gasteiger partial charge in [0.25, 0.3) is 5.91 Å². The van der Waals surface area contributed by atoms with E-state index in [4.69, 9.17) is 4.74 Å². The molecule has 0 unspecified atom stereocenters. The second-order valence-electron chi connectivity index (χ2n) is 5.06. The van der Waals surface area contributed by atoms with Crippen LogP contribution in [0.5, 0.6) is 5.88 Å². The molecule has 1 N–H and O–H groups in total. The number of carbonyl (C=O) groups excluding carboxylic acids is 1. The zero-order chi connectivity index (χ0) is 16.8. The van der Waals surface area contributed by atoms with Gasteiger partial charge >= 0.3 is 0 Å². The molecule has 3 aromatic heterocycles. The number of nitrogens with one attached hydrogen (secondary N) is 1. The minimum atomic E-state index is -0.188. The van der Waals surface area contributed by atoms with Gasteiger partial charge in [-0.25, -0.2) is 4.98 Å². The Balaban J connectivity index is 1.67. The summed E-state index contributed by atoms with van der Waals surface area (Å²) in [5, 5.41) is 2.87. The number of hydrogen-bond acceptors (Lipinski definition) is 5. The molecule has 0 bridgehead atoms. The summed E-state index contributed by atoms with van der Waals surface area (Å²) < 4.78 is 4.98. The third-order valence-electron chi connectivity index (χ3n) is 3.46. The molecule has 3 rings (SSSR count). The van der Waals surface area contributed by atoms with Crippen LogP contribution in [0, 0.1) is 0 Å². The average Bonchev–Trinajstić information content (AvgIpc) is 2.67. The molecule has 0 aliphatic heterocycles. The highest BCUT2D eigenvalue weighted by Crippen LogP contribution is 2.16. The molecule has 0 radical (unpaired) electrons. The van der Waals surface area contributed by atoms with Gasteiger partial charge in [0.05, 0.1) is 18.4 Å². The van der Waals surface area contributed by atoms with Crippen LogP contribution in [-0.2, 0) is 6.54 Å². The summed E-state index contributed by atoms with van der Waals surface area (Å²) >= 11 is 0. The van der Waals surface area contributed by atoms with Gasteiger partial charge in [0.2, 0.25) is 5.88 Å². The lowest BCUT2D eigenvalue weighted by molar-refractivity contribution is 0.0950. The SMILES string of the molecule is COc1ccc(C(=O)NCc2ccnc(-c3ccncc3)c2)cn1. The molecule has 3 aromatic rings. The molecule has 3 heterocycles. The smallest absolute Gasteiger partial charge is 0.253 e. The second-order valence-corrected chi connectivity index (χ2v) is 5.06. The third-order valence-corrected chi connectivity index (χ3v) is 3.46. The highest BCUT2D eigenvalue weighted by Gasteiger charge is 2.07. The maximum Gasteiger partial charge on any atom is 0.253 e. The van der Waals surface area contributed by atoms with E-state index in [9.17, 15) is 4.79 Å². The summed E-state index contributed by atoms with van der Waals surface area (Å²) in [6, 6.07) is 10.9. The quantitative estimate of drug-likeness (QED) is 0.781. The summed E-state index contributed by atoms with van der Waals surface area (Å²) in [5.41, 5.74) is 3.28. The molecule has 0 saturated heterocycles. The fourth-order valence-electron chi connectivity index (χ4n) is 2.18. The van der Waals surface area contributed by atoms with E-state index in [0.29, 0.717) is 18.0 Å². The standard InChI is InChI=1S/C18H16N4O2/c1-24-17-3-2-15(12-21-17)18(23)22-11-13-4-9-20-16(10-13)14-5-7-19-8-6-14/h2-10,12H,11H2,1H3,(H,22,23). The Morgan fingerprint density at radius 1 is 1.08 bits per heavy atom. The molecule has 0 fully saturated rings. The molecule has 24 heavy (non-hydrogen) atoms. The lowest BCUT2D eigenvalue weighted by Crippen LogP contribution is -2.22. The number of methoxy groups -OCH3 is 1. The summed E-state index contributed by atoms with van der Waals surface area (Å²) in [5.74, 6) is 0.287. The van der Waals surface area contributed by atoms with E-state index in [2.05, 4.69) is 20.3 Å². The van der Waals surface area contributed by atoms with Gasteiger partial charge < -0.3 is 10.1 Å². The molecule has 1 amide bonds. The first-order valence-electron chi connectivity index (χ1n) is 7.40. The molecular formula is C18H16N4O2. The van der Waals surface area contributed by atoms with Crippen LogP contribution < -0.4 is 10.1 Å². The number of pyridine rings is 3. The molecule has 0 aliphatic rings. The number of hydrogen-bond donors (Lipinski definition) is 1. The number of ether oxygens (including phenoxy) is 1. The number of amides is 1. The van der Waals surface area contributed by atoms with Gasteiger partial charge in [0.1, 0.15) is 0 Å². The molecule has 120 valence electrons. The predicted molar refractivity (Wildman–Crippen MR) is 89.4 cm³/mol. The Kier molecular flexibility index (Phi) is 4.76. The van der Waals surface area contributed by atoms with E-state index in [1.807, 2.05) is 24.3 Å². The van der Waals surface area contributed by atoms with Crippen LogP contribution in [0.4, 0.5) is 0 Å². The fraction of sp³-hybridized carbons (Fsp3) is 0.111. The van der Waals surface area contributed by atoms with E-state index in [1.165, 1.54) is 13.3 Å². The topological polar surface area (TPSA) is 77.0 Å². The number of nitrogens with zero attached hydrogens (tertiary/aromatic N) is 3. The first-order chi connectivity index (χ1) is 11.8. The summed E-state index contributed by atoms with van der Waals surface area (Å²) in [6.45, 7) is 0.408. The average molecular weight is 320 g/mol. The van der Waals surface area contributed by atoms with E-state index in [0.717, 1.165) is 16.8 Å². The van der Waals surface area contributed by atoms with Crippen molar-refractivity contribution in [2.24, 2.45) is 0 Å². The largest absolute Gasteiger partial charge is 0.481 e. The lowest BCUT2D eigenvalue weighted by Gasteiger charge is -2.07. The van der Waals surface area contributed by atoms with Crippen LogP contribution in [0.25, 0.3) is 11.3 Å². The van der Waals surface area contributed by atoms with E-state index < -0.39 is 0 Å². The Labute approximate surface area is 139 Å².